The molecule has 2 rings (SSSR count). The first-order chi connectivity index (χ1) is 8.09. The Morgan fingerprint density at radius 1 is 1.35 bits per heavy atom. The smallest absolute Gasteiger partial charge is 0.325 e. The van der Waals surface area contributed by atoms with E-state index < -0.39 is 12.0 Å². The standard InChI is InChI=1S/C12H14ClNO3/c13-9-7-8(3-4-10(9)15)11(12(16)17)14-5-1-2-6-14/h3-4,7,11,15H,1-2,5-6H2,(H,16,17). The number of rotatable bonds is 3. The largest absolute Gasteiger partial charge is 0.506 e. The molecular weight excluding hydrogens is 242 g/mol. The zero-order valence-electron chi connectivity index (χ0n) is 9.27. The molecule has 1 aromatic carbocycles. The first-order valence-corrected chi connectivity index (χ1v) is 5.92. The van der Waals surface area contributed by atoms with Crippen molar-refractivity contribution in [2.75, 3.05) is 13.1 Å². The van der Waals surface area contributed by atoms with Gasteiger partial charge in [-0.15, -0.1) is 0 Å². The van der Waals surface area contributed by atoms with E-state index in [1.165, 1.54) is 12.1 Å². The molecule has 4 nitrogen and oxygen atoms in total. The molecule has 0 aromatic heterocycles. The first kappa shape index (κ1) is 12.2. The molecule has 0 radical (unpaired) electrons. The van der Waals surface area contributed by atoms with Gasteiger partial charge in [0, 0.05) is 0 Å². The molecular formula is C12H14ClNO3. The molecule has 0 aliphatic carbocycles. The summed E-state index contributed by atoms with van der Waals surface area (Å²) in [6, 6.07) is 3.89. The van der Waals surface area contributed by atoms with Crippen molar-refractivity contribution in [1.29, 1.82) is 0 Å². The zero-order chi connectivity index (χ0) is 12.4. The number of phenols is 1. The normalized spacial score (nSPS) is 18.2. The van der Waals surface area contributed by atoms with Crippen LogP contribution < -0.4 is 0 Å². The number of aromatic hydroxyl groups is 1. The number of carboxylic acid groups (broad SMARTS) is 1. The van der Waals surface area contributed by atoms with Crippen LogP contribution in [-0.2, 0) is 4.79 Å². The molecule has 0 amide bonds. The molecule has 1 aromatic rings. The quantitative estimate of drug-likeness (QED) is 0.870. The maximum atomic E-state index is 11.3. The van der Waals surface area contributed by atoms with Crippen molar-refractivity contribution in [1.82, 2.24) is 4.90 Å². The summed E-state index contributed by atoms with van der Waals surface area (Å²) < 4.78 is 0. The second-order valence-corrected chi connectivity index (χ2v) is 4.60. The predicted octanol–water partition coefficient (Wildman–Crippen LogP) is 2.27. The molecule has 0 bridgehead atoms. The van der Waals surface area contributed by atoms with Crippen molar-refractivity contribution in [3.05, 3.63) is 28.8 Å². The van der Waals surface area contributed by atoms with Gasteiger partial charge in [-0.2, -0.15) is 0 Å². The van der Waals surface area contributed by atoms with E-state index in [1.54, 1.807) is 6.07 Å². The van der Waals surface area contributed by atoms with Gasteiger partial charge in [0.05, 0.1) is 5.02 Å². The number of carbonyl (C=O) groups is 1. The van der Waals surface area contributed by atoms with Crippen LogP contribution in [-0.4, -0.2) is 34.2 Å². The van der Waals surface area contributed by atoms with E-state index in [9.17, 15) is 15.0 Å². The lowest BCUT2D eigenvalue weighted by atomic mass is 10.1. The minimum atomic E-state index is -0.881. The second-order valence-electron chi connectivity index (χ2n) is 4.19. The van der Waals surface area contributed by atoms with Crippen molar-refractivity contribution in [2.24, 2.45) is 0 Å². The minimum absolute atomic E-state index is 0.0269. The van der Waals surface area contributed by atoms with Crippen molar-refractivity contribution < 1.29 is 15.0 Å². The third kappa shape index (κ3) is 2.53. The Labute approximate surface area is 104 Å². The molecule has 5 heteroatoms. The summed E-state index contributed by atoms with van der Waals surface area (Å²) >= 11 is 5.81. The Kier molecular flexibility index (Phi) is 3.54. The Morgan fingerprint density at radius 2 is 2.00 bits per heavy atom. The SMILES string of the molecule is O=C(O)C(c1ccc(O)c(Cl)c1)N1CCCC1. The van der Waals surface area contributed by atoms with Crippen LogP contribution in [0.5, 0.6) is 5.75 Å². The number of likely N-dealkylation sites (tertiary alicyclic amines) is 1. The van der Waals surface area contributed by atoms with Gasteiger partial charge in [0.25, 0.3) is 0 Å². The average molecular weight is 256 g/mol. The fourth-order valence-electron chi connectivity index (χ4n) is 2.20. The lowest BCUT2D eigenvalue weighted by Crippen LogP contribution is -2.31. The number of nitrogens with zero attached hydrogens (tertiary/aromatic N) is 1. The zero-order valence-corrected chi connectivity index (χ0v) is 10.0. The summed E-state index contributed by atoms with van der Waals surface area (Å²) in [4.78, 5) is 13.3. The van der Waals surface area contributed by atoms with E-state index in [-0.39, 0.29) is 10.8 Å². The van der Waals surface area contributed by atoms with Gasteiger partial charge in [-0.05, 0) is 43.6 Å². The van der Waals surface area contributed by atoms with Gasteiger partial charge in [-0.1, -0.05) is 17.7 Å². The predicted molar refractivity (Wildman–Crippen MR) is 64.3 cm³/mol. The highest BCUT2D eigenvalue weighted by Crippen LogP contribution is 2.31. The monoisotopic (exact) mass is 255 g/mol. The Balaban J connectivity index is 2.31. The minimum Gasteiger partial charge on any atom is -0.506 e. The summed E-state index contributed by atoms with van der Waals surface area (Å²) in [6.07, 6.45) is 2.05. The third-order valence-corrected chi connectivity index (χ3v) is 3.33. The number of benzene rings is 1. The molecule has 92 valence electrons. The summed E-state index contributed by atoms with van der Waals surface area (Å²) in [6.45, 7) is 1.57. The molecule has 1 fully saturated rings. The van der Waals surface area contributed by atoms with Gasteiger partial charge in [-0.3, -0.25) is 9.69 Å². The molecule has 1 atom stereocenters. The lowest BCUT2D eigenvalue weighted by molar-refractivity contribution is -0.143. The van der Waals surface area contributed by atoms with Gasteiger partial charge in [-0.25, -0.2) is 0 Å². The fraction of sp³-hybridized carbons (Fsp3) is 0.417. The lowest BCUT2D eigenvalue weighted by Gasteiger charge is -2.24. The molecule has 2 N–H and O–H groups in total. The number of phenolic OH excluding ortho intramolecular Hbond substituents is 1. The summed E-state index contributed by atoms with van der Waals surface area (Å²) in [5, 5.41) is 18.8. The van der Waals surface area contributed by atoms with Crippen LogP contribution in [0, 0.1) is 0 Å². The Hall–Kier alpha value is -1.26. The first-order valence-electron chi connectivity index (χ1n) is 5.55. The maximum Gasteiger partial charge on any atom is 0.325 e. The van der Waals surface area contributed by atoms with Gasteiger partial charge in [0.2, 0.25) is 0 Å². The van der Waals surface area contributed by atoms with Crippen LogP contribution in [0.3, 0.4) is 0 Å². The molecule has 1 aliphatic heterocycles. The van der Waals surface area contributed by atoms with Crippen LogP contribution >= 0.6 is 11.6 Å². The van der Waals surface area contributed by atoms with E-state index >= 15 is 0 Å². The summed E-state index contributed by atoms with van der Waals surface area (Å²) in [5.74, 6) is -0.908. The van der Waals surface area contributed by atoms with Crippen molar-refractivity contribution >= 4 is 17.6 Å². The van der Waals surface area contributed by atoms with Gasteiger partial charge in [0.15, 0.2) is 0 Å². The topological polar surface area (TPSA) is 60.8 Å². The summed E-state index contributed by atoms with van der Waals surface area (Å²) in [7, 11) is 0. The highest BCUT2D eigenvalue weighted by atomic mass is 35.5. The highest BCUT2D eigenvalue weighted by molar-refractivity contribution is 6.32. The molecule has 1 aliphatic rings. The van der Waals surface area contributed by atoms with E-state index in [0.717, 1.165) is 25.9 Å². The molecule has 0 spiro atoms. The van der Waals surface area contributed by atoms with Gasteiger partial charge < -0.3 is 10.2 Å². The molecule has 0 saturated carbocycles. The van der Waals surface area contributed by atoms with Gasteiger partial charge in [0.1, 0.15) is 11.8 Å². The fourth-order valence-corrected chi connectivity index (χ4v) is 2.39. The van der Waals surface area contributed by atoms with Crippen LogP contribution in [0.2, 0.25) is 5.02 Å². The van der Waals surface area contributed by atoms with Crippen LogP contribution in [0.15, 0.2) is 18.2 Å². The maximum absolute atomic E-state index is 11.3. The van der Waals surface area contributed by atoms with E-state index in [4.69, 9.17) is 11.6 Å². The average Bonchev–Trinajstić information content (AvgIpc) is 2.76. The van der Waals surface area contributed by atoms with Crippen LogP contribution in [0.25, 0.3) is 0 Å². The van der Waals surface area contributed by atoms with E-state index in [1.807, 2.05) is 4.90 Å². The molecule has 1 heterocycles. The number of halogens is 1. The molecule has 1 saturated heterocycles. The van der Waals surface area contributed by atoms with Crippen molar-refractivity contribution in [3.8, 4) is 5.75 Å². The highest BCUT2D eigenvalue weighted by Gasteiger charge is 2.29. The van der Waals surface area contributed by atoms with Crippen LogP contribution in [0.4, 0.5) is 0 Å². The number of hydrogen-bond donors (Lipinski definition) is 2. The van der Waals surface area contributed by atoms with E-state index in [0.29, 0.717) is 5.56 Å². The Bertz CT molecular complexity index is 430. The van der Waals surface area contributed by atoms with Crippen molar-refractivity contribution in [2.45, 2.75) is 18.9 Å². The van der Waals surface area contributed by atoms with Gasteiger partial charge >= 0.3 is 5.97 Å². The molecule has 17 heavy (non-hydrogen) atoms. The number of hydrogen-bond acceptors (Lipinski definition) is 3. The Morgan fingerprint density at radius 3 is 2.53 bits per heavy atom. The number of carboxylic acids is 1. The third-order valence-electron chi connectivity index (χ3n) is 3.03. The van der Waals surface area contributed by atoms with Crippen LogP contribution in [0.1, 0.15) is 24.4 Å². The second kappa shape index (κ2) is 4.94. The molecule has 1 unspecified atom stereocenters. The summed E-state index contributed by atoms with van der Waals surface area (Å²) in [5.41, 5.74) is 0.613. The number of aliphatic carboxylic acids is 1. The van der Waals surface area contributed by atoms with E-state index in [2.05, 4.69) is 0 Å². The van der Waals surface area contributed by atoms with Crippen molar-refractivity contribution in [3.63, 3.8) is 0 Å².